The van der Waals surface area contributed by atoms with Gasteiger partial charge in [-0.2, -0.15) is 0 Å². The van der Waals surface area contributed by atoms with E-state index < -0.39 is 29.2 Å². The zero-order valence-corrected chi connectivity index (χ0v) is 19.6. The van der Waals surface area contributed by atoms with Gasteiger partial charge in [0.25, 0.3) is 5.91 Å². The molecule has 174 valence electrons. The molecule has 0 saturated carbocycles. The van der Waals surface area contributed by atoms with Gasteiger partial charge < -0.3 is 15.0 Å². The van der Waals surface area contributed by atoms with Crippen LogP contribution in [0.5, 0.6) is 5.75 Å². The molecule has 0 bridgehead atoms. The number of carbonyl (C=O) groups is 3. The van der Waals surface area contributed by atoms with Gasteiger partial charge in [-0.1, -0.05) is 60.7 Å². The maximum atomic E-state index is 14.2. The number of nitrogens with one attached hydrogen (secondary N) is 1. The summed E-state index contributed by atoms with van der Waals surface area (Å²) in [5, 5.41) is 3.16. The van der Waals surface area contributed by atoms with Crippen molar-refractivity contribution in [2.45, 2.75) is 12.1 Å². The maximum Gasteiger partial charge on any atom is 0.258 e. The van der Waals surface area contributed by atoms with E-state index in [2.05, 4.69) is 5.32 Å². The van der Waals surface area contributed by atoms with Crippen LogP contribution in [0.4, 0.5) is 11.4 Å². The Bertz CT molecular complexity index is 1390. The molecule has 0 radical (unpaired) electrons. The van der Waals surface area contributed by atoms with Crippen LogP contribution in [0.3, 0.4) is 0 Å². The molecule has 0 aliphatic carbocycles. The quantitative estimate of drug-likeness (QED) is 0.454. The van der Waals surface area contributed by atoms with Gasteiger partial charge >= 0.3 is 0 Å². The fraction of sp³-hybridized carbons (Fsp3) is 0.185. The lowest BCUT2D eigenvalue weighted by Crippen LogP contribution is -2.54. The zero-order valence-electron chi connectivity index (χ0n) is 18.8. The molecular weight excluding hydrogens is 462 g/mol. The molecule has 1 N–H and O–H groups in total. The second-order valence-corrected chi connectivity index (χ2v) is 9.30. The highest BCUT2D eigenvalue weighted by Crippen LogP contribution is 2.54. The molecule has 6 rings (SSSR count). The number of benzene rings is 3. The van der Waals surface area contributed by atoms with Gasteiger partial charge in [0.2, 0.25) is 11.8 Å². The lowest BCUT2D eigenvalue weighted by Gasteiger charge is -2.29. The number of para-hydroxylation sites is 1. The highest BCUT2D eigenvalue weighted by Gasteiger charge is 2.71. The number of thiocarbonyl (C=S) groups is 1. The van der Waals surface area contributed by atoms with Crippen molar-refractivity contribution >= 4 is 46.3 Å². The second-order valence-electron chi connectivity index (χ2n) is 8.86. The van der Waals surface area contributed by atoms with Crippen LogP contribution in [0.15, 0.2) is 78.9 Å². The van der Waals surface area contributed by atoms with Gasteiger partial charge in [0.1, 0.15) is 11.7 Å². The summed E-state index contributed by atoms with van der Waals surface area (Å²) in [6.45, 7) is 0.342. The summed E-state index contributed by atoms with van der Waals surface area (Å²) >= 11 is 5.59. The summed E-state index contributed by atoms with van der Waals surface area (Å²) in [5.41, 5.74) is 1.32. The lowest BCUT2D eigenvalue weighted by molar-refractivity contribution is -0.132. The Balaban J connectivity index is 1.45. The molecule has 8 heteroatoms. The Morgan fingerprint density at radius 1 is 0.914 bits per heavy atom. The number of ether oxygens (including phenoxy) is 1. The number of methoxy groups -OCH3 is 1. The lowest BCUT2D eigenvalue weighted by atomic mass is 9.77. The second kappa shape index (κ2) is 7.74. The third-order valence-electron chi connectivity index (χ3n) is 7.09. The maximum absolute atomic E-state index is 14.2. The summed E-state index contributed by atoms with van der Waals surface area (Å²) in [6, 6.07) is 23.7. The molecule has 3 aromatic rings. The van der Waals surface area contributed by atoms with Gasteiger partial charge in [-0.05, 0) is 35.9 Å². The third-order valence-corrected chi connectivity index (χ3v) is 7.45. The Hall–Kier alpha value is -4.04. The molecule has 2 saturated heterocycles. The van der Waals surface area contributed by atoms with E-state index in [-0.39, 0.29) is 10.9 Å². The smallest absolute Gasteiger partial charge is 0.258 e. The topological polar surface area (TPSA) is 79.0 Å². The van der Waals surface area contributed by atoms with Crippen LogP contribution in [-0.4, -0.2) is 29.8 Å². The van der Waals surface area contributed by atoms with Crippen LogP contribution in [0.25, 0.3) is 0 Å². The summed E-state index contributed by atoms with van der Waals surface area (Å²) in [4.78, 5) is 44.6. The van der Waals surface area contributed by atoms with Crippen molar-refractivity contribution in [3.8, 4) is 5.75 Å². The van der Waals surface area contributed by atoms with Crippen LogP contribution >= 0.6 is 12.2 Å². The summed E-state index contributed by atoms with van der Waals surface area (Å²) in [6.07, 6.45) is 0. The fourth-order valence-electron chi connectivity index (χ4n) is 5.53. The van der Waals surface area contributed by atoms with Gasteiger partial charge in [0.05, 0.1) is 35.9 Å². The Labute approximate surface area is 207 Å². The number of hydrogen-bond acceptors (Lipinski definition) is 5. The van der Waals surface area contributed by atoms with E-state index in [0.717, 1.165) is 10.5 Å². The van der Waals surface area contributed by atoms with Crippen molar-refractivity contribution in [3.05, 3.63) is 90.0 Å². The first-order valence-corrected chi connectivity index (χ1v) is 11.7. The highest BCUT2D eigenvalue weighted by molar-refractivity contribution is 7.80. The SMILES string of the molecule is COc1ccc(N2C(=O)[C@@H]3C(=S)N[C@@]4(C(=O)N(Cc5ccccc5)c5ccccc54)[C@@H]3C2=O)cc1. The normalized spacial score (nSPS) is 24.7. The van der Waals surface area contributed by atoms with Gasteiger partial charge in [0, 0.05) is 5.56 Å². The Morgan fingerprint density at radius 3 is 2.31 bits per heavy atom. The molecule has 35 heavy (non-hydrogen) atoms. The minimum Gasteiger partial charge on any atom is -0.497 e. The molecule has 7 nitrogen and oxygen atoms in total. The number of hydrogen-bond donors (Lipinski definition) is 1. The van der Waals surface area contributed by atoms with Crippen molar-refractivity contribution < 1.29 is 19.1 Å². The van der Waals surface area contributed by atoms with Crippen LogP contribution in [0.2, 0.25) is 0 Å². The van der Waals surface area contributed by atoms with Crippen LogP contribution in [0.1, 0.15) is 11.1 Å². The Kier molecular flexibility index (Phi) is 4.76. The Morgan fingerprint density at radius 2 is 1.60 bits per heavy atom. The summed E-state index contributed by atoms with van der Waals surface area (Å²) < 4.78 is 5.20. The average molecular weight is 484 g/mol. The summed E-state index contributed by atoms with van der Waals surface area (Å²) in [7, 11) is 1.55. The van der Waals surface area contributed by atoms with E-state index in [0.29, 0.717) is 29.2 Å². The molecule has 1 spiro atoms. The minimum absolute atomic E-state index is 0.217. The summed E-state index contributed by atoms with van der Waals surface area (Å²) in [5.74, 6) is -2.42. The van der Waals surface area contributed by atoms with Crippen molar-refractivity contribution in [3.63, 3.8) is 0 Å². The first-order chi connectivity index (χ1) is 17.0. The molecule has 3 aliphatic heterocycles. The number of fused-ring (bicyclic) bond motifs is 4. The number of nitrogens with zero attached hydrogens (tertiary/aromatic N) is 2. The van der Waals surface area contributed by atoms with Crippen molar-refractivity contribution in [1.82, 2.24) is 5.32 Å². The number of carbonyl (C=O) groups excluding carboxylic acids is 3. The zero-order chi connectivity index (χ0) is 24.3. The van der Waals surface area contributed by atoms with E-state index in [9.17, 15) is 14.4 Å². The first-order valence-electron chi connectivity index (χ1n) is 11.3. The van der Waals surface area contributed by atoms with E-state index in [1.54, 1.807) is 36.3 Å². The van der Waals surface area contributed by atoms with Crippen LogP contribution in [-0.2, 0) is 26.5 Å². The van der Waals surface area contributed by atoms with E-state index in [4.69, 9.17) is 17.0 Å². The fourth-order valence-corrected chi connectivity index (χ4v) is 5.93. The molecule has 3 aliphatic rings. The number of amides is 3. The molecule has 3 atom stereocenters. The molecule has 0 unspecified atom stereocenters. The van der Waals surface area contributed by atoms with Gasteiger partial charge in [0.15, 0.2) is 5.54 Å². The van der Waals surface area contributed by atoms with Crippen LogP contribution in [0, 0.1) is 11.8 Å². The van der Waals surface area contributed by atoms with E-state index in [1.807, 2.05) is 54.6 Å². The van der Waals surface area contributed by atoms with E-state index in [1.165, 1.54) is 0 Å². The molecule has 3 amide bonds. The standard InChI is InChI=1S/C27H21N3O4S/c1-34-18-13-11-17(12-14-18)30-24(31)21-22(25(30)32)27(28-23(21)35)19-9-5-6-10-20(19)29(26(27)33)15-16-7-3-2-4-8-16/h2-14,21-22H,15H2,1H3,(H,28,35)/t21-,22-,27+/m0/s1. The van der Waals surface area contributed by atoms with Crippen molar-refractivity contribution in [1.29, 1.82) is 0 Å². The highest BCUT2D eigenvalue weighted by atomic mass is 32.1. The largest absolute Gasteiger partial charge is 0.497 e. The number of imide groups is 1. The predicted molar refractivity (Wildman–Crippen MR) is 134 cm³/mol. The monoisotopic (exact) mass is 483 g/mol. The molecule has 2 fully saturated rings. The van der Waals surface area contributed by atoms with Gasteiger partial charge in [-0.3, -0.25) is 14.4 Å². The van der Waals surface area contributed by atoms with Crippen LogP contribution < -0.4 is 19.9 Å². The predicted octanol–water partition coefficient (Wildman–Crippen LogP) is 3.17. The van der Waals surface area contributed by atoms with E-state index >= 15 is 0 Å². The minimum atomic E-state index is -1.43. The number of anilines is 2. The molecule has 0 aromatic heterocycles. The average Bonchev–Trinajstić information content (AvgIpc) is 3.43. The molecular formula is C27H21N3O4S. The van der Waals surface area contributed by atoms with Crippen molar-refractivity contribution in [2.75, 3.05) is 16.9 Å². The number of rotatable bonds is 4. The van der Waals surface area contributed by atoms with Crippen molar-refractivity contribution in [2.24, 2.45) is 11.8 Å². The first kappa shape index (κ1) is 21.5. The molecule has 3 aromatic carbocycles. The third kappa shape index (κ3) is 2.89. The van der Waals surface area contributed by atoms with Gasteiger partial charge in [-0.15, -0.1) is 0 Å². The molecule has 3 heterocycles. The van der Waals surface area contributed by atoms with Gasteiger partial charge in [-0.25, -0.2) is 4.90 Å².